The average Bonchev–Trinajstić information content (AvgIpc) is 3.08. The molecule has 0 aliphatic carbocycles. The fourth-order valence-electron chi connectivity index (χ4n) is 2.05. The standard InChI is InChI=1S/C15H15N2S2/c1-11(2)15-17(12-6-4-3-5-7-12)9-14(19-15)13-8-16-10-18-13/h3-8,10-11,15H,1-2H3. The molecule has 3 rings (SSSR count). The van der Waals surface area contributed by atoms with Gasteiger partial charge < -0.3 is 4.90 Å². The van der Waals surface area contributed by atoms with Gasteiger partial charge in [-0.15, -0.1) is 11.3 Å². The molecule has 19 heavy (non-hydrogen) atoms. The zero-order valence-corrected chi connectivity index (χ0v) is 12.5. The lowest BCUT2D eigenvalue weighted by molar-refractivity contribution is 0.611. The molecule has 1 aromatic heterocycles. The van der Waals surface area contributed by atoms with E-state index in [1.165, 1.54) is 15.5 Å². The van der Waals surface area contributed by atoms with Crippen molar-refractivity contribution in [2.45, 2.75) is 19.2 Å². The van der Waals surface area contributed by atoms with Crippen LogP contribution in [-0.4, -0.2) is 10.4 Å². The molecule has 0 fully saturated rings. The van der Waals surface area contributed by atoms with E-state index in [-0.39, 0.29) is 0 Å². The number of hydrogen-bond donors (Lipinski definition) is 0. The van der Waals surface area contributed by atoms with E-state index < -0.39 is 0 Å². The molecule has 0 saturated carbocycles. The van der Waals surface area contributed by atoms with Crippen molar-refractivity contribution in [2.24, 2.45) is 5.92 Å². The number of benzene rings is 1. The Kier molecular flexibility index (Phi) is 3.62. The number of thiazole rings is 1. The Hall–Kier alpha value is -1.26. The Morgan fingerprint density at radius 3 is 2.68 bits per heavy atom. The summed E-state index contributed by atoms with van der Waals surface area (Å²) in [6.45, 7) is 4.51. The third-order valence-electron chi connectivity index (χ3n) is 2.98. The summed E-state index contributed by atoms with van der Waals surface area (Å²) < 4.78 is 0. The van der Waals surface area contributed by atoms with Crippen LogP contribution in [0.3, 0.4) is 0 Å². The molecule has 2 nitrogen and oxygen atoms in total. The first-order valence-corrected chi connectivity index (χ1v) is 8.05. The number of rotatable bonds is 3. The highest BCUT2D eigenvalue weighted by atomic mass is 32.2. The molecule has 1 unspecified atom stereocenters. The van der Waals surface area contributed by atoms with E-state index in [2.05, 4.69) is 54.2 Å². The number of anilines is 1. The normalized spacial score (nSPS) is 19.0. The molecule has 0 bridgehead atoms. The van der Waals surface area contributed by atoms with Crippen LogP contribution in [0.5, 0.6) is 0 Å². The van der Waals surface area contributed by atoms with Gasteiger partial charge in [0.1, 0.15) is 0 Å². The summed E-state index contributed by atoms with van der Waals surface area (Å²) in [4.78, 5) is 8.82. The Morgan fingerprint density at radius 2 is 2.05 bits per heavy atom. The molecule has 97 valence electrons. The summed E-state index contributed by atoms with van der Waals surface area (Å²) in [7, 11) is 0. The van der Waals surface area contributed by atoms with Gasteiger partial charge in [0.15, 0.2) is 0 Å². The Labute approximate surface area is 122 Å². The Morgan fingerprint density at radius 1 is 1.26 bits per heavy atom. The molecular formula is C15H15N2S2. The SMILES string of the molecule is CC(C)C1SC(c2cncs2)=[C]N1c1ccccc1. The largest absolute Gasteiger partial charge is 0.326 e. The summed E-state index contributed by atoms with van der Waals surface area (Å²) in [5, 5.41) is 0.402. The summed E-state index contributed by atoms with van der Waals surface area (Å²) in [5.74, 6) is 0.558. The van der Waals surface area contributed by atoms with Crippen molar-refractivity contribution in [3.63, 3.8) is 0 Å². The second-order valence-electron chi connectivity index (χ2n) is 4.76. The minimum absolute atomic E-state index is 0.402. The van der Waals surface area contributed by atoms with Crippen molar-refractivity contribution < 1.29 is 0 Å². The molecule has 0 spiro atoms. The highest BCUT2D eigenvalue weighted by Gasteiger charge is 2.30. The average molecular weight is 287 g/mol. The van der Waals surface area contributed by atoms with Crippen molar-refractivity contribution in [1.29, 1.82) is 0 Å². The van der Waals surface area contributed by atoms with Crippen molar-refractivity contribution in [2.75, 3.05) is 4.90 Å². The topological polar surface area (TPSA) is 16.1 Å². The summed E-state index contributed by atoms with van der Waals surface area (Å²) in [5.41, 5.74) is 3.08. The fraction of sp³-hybridized carbons (Fsp3) is 0.267. The van der Waals surface area contributed by atoms with Crippen LogP contribution in [0.4, 0.5) is 5.69 Å². The molecule has 2 heterocycles. The van der Waals surface area contributed by atoms with Crippen molar-refractivity contribution in [1.82, 2.24) is 4.98 Å². The summed E-state index contributed by atoms with van der Waals surface area (Å²) >= 11 is 3.55. The first kappa shape index (κ1) is 12.8. The van der Waals surface area contributed by atoms with E-state index in [1.807, 2.05) is 29.5 Å². The first-order chi connectivity index (χ1) is 9.25. The van der Waals surface area contributed by atoms with Crippen LogP contribution in [0.15, 0.2) is 42.0 Å². The lowest BCUT2D eigenvalue weighted by Crippen LogP contribution is -2.29. The Bertz CT molecular complexity index is 561. The van der Waals surface area contributed by atoms with E-state index >= 15 is 0 Å². The second-order valence-corrected chi connectivity index (χ2v) is 6.78. The van der Waals surface area contributed by atoms with Gasteiger partial charge in [0.2, 0.25) is 0 Å². The van der Waals surface area contributed by atoms with Gasteiger partial charge >= 0.3 is 0 Å². The molecule has 2 aromatic rings. The predicted octanol–water partition coefficient (Wildman–Crippen LogP) is 4.48. The number of para-hydroxylation sites is 1. The number of hydrogen-bond acceptors (Lipinski definition) is 4. The van der Waals surface area contributed by atoms with Crippen LogP contribution in [-0.2, 0) is 0 Å². The molecule has 1 aliphatic rings. The van der Waals surface area contributed by atoms with Gasteiger partial charge in [0.05, 0.1) is 26.9 Å². The van der Waals surface area contributed by atoms with E-state index in [9.17, 15) is 0 Å². The van der Waals surface area contributed by atoms with Gasteiger partial charge in [-0.1, -0.05) is 43.8 Å². The highest BCUT2D eigenvalue weighted by Crippen LogP contribution is 2.44. The van der Waals surface area contributed by atoms with Gasteiger partial charge in [-0.3, -0.25) is 4.98 Å². The number of thioether (sulfide) groups is 1. The molecule has 1 radical (unpaired) electrons. The van der Waals surface area contributed by atoms with Gasteiger partial charge in [0, 0.05) is 11.9 Å². The minimum atomic E-state index is 0.402. The lowest BCUT2D eigenvalue weighted by Gasteiger charge is -2.27. The van der Waals surface area contributed by atoms with Crippen molar-refractivity contribution in [3.8, 4) is 0 Å². The molecule has 0 amide bonds. The van der Waals surface area contributed by atoms with E-state index in [0.717, 1.165) is 0 Å². The van der Waals surface area contributed by atoms with E-state index in [4.69, 9.17) is 0 Å². The van der Waals surface area contributed by atoms with Gasteiger partial charge in [-0.25, -0.2) is 0 Å². The monoisotopic (exact) mass is 287 g/mol. The summed E-state index contributed by atoms with van der Waals surface area (Å²) in [6.07, 6.45) is 5.45. The molecule has 1 atom stereocenters. The number of nitrogens with zero attached hydrogens (tertiary/aromatic N) is 2. The molecule has 4 heteroatoms. The predicted molar refractivity (Wildman–Crippen MR) is 83.9 cm³/mol. The van der Waals surface area contributed by atoms with Crippen LogP contribution in [0.25, 0.3) is 4.91 Å². The van der Waals surface area contributed by atoms with Gasteiger partial charge in [-0.2, -0.15) is 0 Å². The molecule has 0 saturated heterocycles. The van der Waals surface area contributed by atoms with Crippen molar-refractivity contribution >= 4 is 33.7 Å². The molecular weight excluding hydrogens is 272 g/mol. The fourth-order valence-corrected chi connectivity index (χ4v) is 3.96. The summed E-state index contributed by atoms with van der Waals surface area (Å²) in [6, 6.07) is 10.5. The quantitative estimate of drug-likeness (QED) is 0.828. The first-order valence-electron chi connectivity index (χ1n) is 6.29. The van der Waals surface area contributed by atoms with Crippen LogP contribution in [0.2, 0.25) is 0 Å². The maximum atomic E-state index is 4.16. The van der Waals surface area contributed by atoms with E-state index in [1.54, 1.807) is 11.3 Å². The lowest BCUT2D eigenvalue weighted by atomic mass is 10.2. The maximum Gasteiger partial charge on any atom is 0.0870 e. The Balaban J connectivity index is 1.95. The van der Waals surface area contributed by atoms with Crippen molar-refractivity contribution in [3.05, 3.63) is 53.1 Å². The van der Waals surface area contributed by atoms with Crippen LogP contribution >= 0.6 is 23.1 Å². The second kappa shape index (κ2) is 5.39. The zero-order chi connectivity index (χ0) is 13.2. The molecule has 1 aromatic carbocycles. The highest BCUT2D eigenvalue weighted by molar-refractivity contribution is 8.09. The van der Waals surface area contributed by atoms with Crippen LogP contribution in [0, 0.1) is 12.1 Å². The third kappa shape index (κ3) is 2.55. The molecule has 0 N–H and O–H groups in total. The van der Waals surface area contributed by atoms with E-state index in [0.29, 0.717) is 11.3 Å². The third-order valence-corrected chi connectivity index (χ3v) is 5.44. The maximum absolute atomic E-state index is 4.16. The minimum Gasteiger partial charge on any atom is -0.326 e. The van der Waals surface area contributed by atoms with Gasteiger partial charge in [0.25, 0.3) is 0 Å². The molecule has 1 aliphatic heterocycles. The zero-order valence-electron chi connectivity index (χ0n) is 10.9. The van der Waals surface area contributed by atoms with Crippen LogP contribution in [0.1, 0.15) is 18.7 Å². The number of aromatic nitrogens is 1. The smallest absolute Gasteiger partial charge is 0.0870 e. The van der Waals surface area contributed by atoms with Crippen LogP contribution < -0.4 is 4.90 Å². The van der Waals surface area contributed by atoms with Gasteiger partial charge in [-0.05, 0) is 18.1 Å².